The Morgan fingerprint density at radius 3 is 2.21 bits per heavy atom. The zero-order chi connectivity index (χ0) is 10.6. The Morgan fingerprint density at radius 1 is 1.14 bits per heavy atom. The Bertz CT molecular complexity index is 159. The van der Waals surface area contributed by atoms with Crippen LogP contribution in [0.25, 0.3) is 0 Å². The second-order valence-corrected chi connectivity index (χ2v) is 5.78. The van der Waals surface area contributed by atoms with E-state index in [9.17, 15) is 0 Å². The molecule has 0 aliphatic heterocycles. The Balaban J connectivity index is 2.06. The van der Waals surface area contributed by atoms with Gasteiger partial charge in [0.2, 0.25) is 0 Å². The molecule has 1 fully saturated rings. The Labute approximate surface area is 89.7 Å². The van der Waals surface area contributed by atoms with E-state index >= 15 is 0 Å². The lowest BCUT2D eigenvalue weighted by Gasteiger charge is -2.41. The Kier molecular flexibility index (Phi) is 4.43. The fraction of sp³-hybridized carbons (Fsp3) is 1.00. The highest BCUT2D eigenvalue weighted by molar-refractivity contribution is 4.92. The summed E-state index contributed by atoms with van der Waals surface area (Å²) in [5.41, 5.74) is 0.483. The third-order valence-corrected chi connectivity index (χ3v) is 3.47. The molecule has 84 valence electrons. The molecule has 0 radical (unpaired) electrons. The van der Waals surface area contributed by atoms with E-state index < -0.39 is 0 Å². The monoisotopic (exact) mass is 197 g/mol. The summed E-state index contributed by atoms with van der Waals surface area (Å²) in [5.74, 6) is 0.862. The van der Waals surface area contributed by atoms with Crippen molar-refractivity contribution >= 4 is 0 Å². The highest BCUT2D eigenvalue weighted by atomic mass is 15.0. The number of hydrogen-bond donors (Lipinski definition) is 1. The van der Waals surface area contributed by atoms with Gasteiger partial charge in [-0.3, -0.25) is 0 Å². The summed E-state index contributed by atoms with van der Waals surface area (Å²) < 4.78 is 0. The van der Waals surface area contributed by atoms with Crippen molar-refractivity contribution in [1.82, 2.24) is 5.32 Å². The lowest BCUT2D eigenvalue weighted by Crippen LogP contribution is -2.51. The standard InChI is InChI=1S/C13H27N/c1-11(2)7-5-8-12(3)14-13(4)9-6-10-13/h11-12,14H,5-10H2,1-4H3. The highest BCUT2D eigenvalue weighted by Crippen LogP contribution is 2.31. The Hall–Kier alpha value is -0.0400. The summed E-state index contributed by atoms with van der Waals surface area (Å²) >= 11 is 0. The third kappa shape index (κ3) is 4.00. The normalized spacial score (nSPS) is 22.1. The molecule has 1 nitrogen and oxygen atoms in total. The predicted octanol–water partition coefficient (Wildman–Crippen LogP) is 3.73. The molecule has 1 unspecified atom stereocenters. The van der Waals surface area contributed by atoms with E-state index in [0.717, 1.165) is 5.92 Å². The van der Waals surface area contributed by atoms with Crippen LogP contribution in [0.15, 0.2) is 0 Å². The minimum absolute atomic E-state index is 0.483. The van der Waals surface area contributed by atoms with Gasteiger partial charge in [-0.2, -0.15) is 0 Å². The molecule has 1 saturated carbocycles. The van der Waals surface area contributed by atoms with Gasteiger partial charge in [-0.25, -0.2) is 0 Å². The zero-order valence-corrected chi connectivity index (χ0v) is 10.4. The van der Waals surface area contributed by atoms with Crippen LogP contribution < -0.4 is 5.32 Å². The van der Waals surface area contributed by atoms with Gasteiger partial charge in [-0.05, 0) is 45.4 Å². The van der Waals surface area contributed by atoms with Crippen molar-refractivity contribution in [3.05, 3.63) is 0 Å². The van der Waals surface area contributed by atoms with E-state index in [2.05, 4.69) is 33.0 Å². The van der Waals surface area contributed by atoms with Gasteiger partial charge in [0, 0.05) is 11.6 Å². The zero-order valence-electron chi connectivity index (χ0n) is 10.4. The van der Waals surface area contributed by atoms with Crippen molar-refractivity contribution in [2.75, 3.05) is 0 Å². The molecule has 1 aliphatic rings. The quantitative estimate of drug-likeness (QED) is 0.684. The van der Waals surface area contributed by atoms with Crippen molar-refractivity contribution < 1.29 is 0 Å². The fourth-order valence-corrected chi connectivity index (χ4v) is 2.35. The maximum Gasteiger partial charge on any atom is 0.0155 e. The smallest absolute Gasteiger partial charge is 0.0155 e. The van der Waals surface area contributed by atoms with Crippen LogP contribution in [0.3, 0.4) is 0 Å². The van der Waals surface area contributed by atoms with Crippen LogP contribution in [0.4, 0.5) is 0 Å². The first-order chi connectivity index (χ1) is 6.52. The van der Waals surface area contributed by atoms with E-state index in [1.54, 1.807) is 0 Å². The molecule has 1 N–H and O–H groups in total. The maximum absolute atomic E-state index is 3.77. The topological polar surface area (TPSA) is 12.0 Å². The lowest BCUT2D eigenvalue weighted by molar-refractivity contribution is 0.184. The van der Waals surface area contributed by atoms with E-state index in [4.69, 9.17) is 0 Å². The number of hydrogen-bond acceptors (Lipinski definition) is 1. The summed E-state index contributed by atoms with van der Waals surface area (Å²) in [6.45, 7) is 9.33. The average Bonchev–Trinajstić information content (AvgIpc) is 2.00. The molecule has 0 spiro atoms. The van der Waals surface area contributed by atoms with Crippen LogP contribution in [0, 0.1) is 5.92 Å². The SMILES string of the molecule is CC(C)CCCC(C)NC1(C)CCC1. The first-order valence-electron chi connectivity index (χ1n) is 6.29. The molecule has 14 heavy (non-hydrogen) atoms. The molecule has 1 atom stereocenters. The minimum Gasteiger partial charge on any atom is -0.309 e. The number of rotatable bonds is 6. The molecule has 0 heterocycles. The van der Waals surface area contributed by atoms with E-state index in [1.807, 2.05) is 0 Å². The van der Waals surface area contributed by atoms with E-state index in [0.29, 0.717) is 11.6 Å². The molecule has 0 aromatic rings. The molecular formula is C13H27N. The van der Waals surface area contributed by atoms with Crippen LogP contribution in [0.2, 0.25) is 0 Å². The van der Waals surface area contributed by atoms with Gasteiger partial charge in [0.1, 0.15) is 0 Å². The van der Waals surface area contributed by atoms with E-state index in [-0.39, 0.29) is 0 Å². The van der Waals surface area contributed by atoms with Crippen LogP contribution in [0.1, 0.15) is 66.2 Å². The molecule has 0 amide bonds. The second kappa shape index (κ2) is 5.16. The van der Waals surface area contributed by atoms with Crippen molar-refractivity contribution in [2.24, 2.45) is 5.92 Å². The van der Waals surface area contributed by atoms with Gasteiger partial charge in [0.05, 0.1) is 0 Å². The fourth-order valence-electron chi connectivity index (χ4n) is 2.35. The highest BCUT2D eigenvalue weighted by Gasteiger charge is 2.32. The van der Waals surface area contributed by atoms with E-state index in [1.165, 1.54) is 38.5 Å². The molecule has 1 aliphatic carbocycles. The third-order valence-electron chi connectivity index (χ3n) is 3.47. The van der Waals surface area contributed by atoms with Gasteiger partial charge >= 0.3 is 0 Å². The Morgan fingerprint density at radius 2 is 1.79 bits per heavy atom. The molecule has 1 rings (SSSR count). The summed E-state index contributed by atoms with van der Waals surface area (Å²) in [7, 11) is 0. The lowest BCUT2D eigenvalue weighted by atomic mass is 9.78. The van der Waals surface area contributed by atoms with Gasteiger partial charge < -0.3 is 5.32 Å². The summed E-state index contributed by atoms with van der Waals surface area (Å²) in [5, 5.41) is 3.77. The second-order valence-electron chi connectivity index (χ2n) is 5.78. The summed E-state index contributed by atoms with van der Waals surface area (Å²) in [4.78, 5) is 0. The molecule has 0 saturated heterocycles. The molecular weight excluding hydrogens is 170 g/mol. The van der Waals surface area contributed by atoms with Crippen molar-refractivity contribution in [3.8, 4) is 0 Å². The number of nitrogens with one attached hydrogen (secondary N) is 1. The maximum atomic E-state index is 3.77. The summed E-state index contributed by atoms with van der Waals surface area (Å²) in [6, 6.07) is 0.707. The predicted molar refractivity (Wildman–Crippen MR) is 63.5 cm³/mol. The van der Waals surface area contributed by atoms with Gasteiger partial charge in [0.15, 0.2) is 0 Å². The van der Waals surface area contributed by atoms with Crippen molar-refractivity contribution in [1.29, 1.82) is 0 Å². The van der Waals surface area contributed by atoms with Gasteiger partial charge in [-0.15, -0.1) is 0 Å². The van der Waals surface area contributed by atoms with Crippen molar-refractivity contribution in [2.45, 2.75) is 77.8 Å². The largest absolute Gasteiger partial charge is 0.309 e. The molecule has 0 aromatic carbocycles. The molecule has 1 heteroatoms. The minimum atomic E-state index is 0.483. The molecule has 0 aromatic heterocycles. The van der Waals surface area contributed by atoms with Gasteiger partial charge in [0.25, 0.3) is 0 Å². The average molecular weight is 197 g/mol. The first kappa shape index (κ1) is 12.0. The summed E-state index contributed by atoms with van der Waals surface area (Å²) in [6.07, 6.45) is 8.27. The first-order valence-corrected chi connectivity index (χ1v) is 6.29. The van der Waals surface area contributed by atoms with Crippen LogP contribution >= 0.6 is 0 Å². The van der Waals surface area contributed by atoms with Crippen molar-refractivity contribution in [3.63, 3.8) is 0 Å². The van der Waals surface area contributed by atoms with Gasteiger partial charge in [-0.1, -0.05) is 26.7 Å². The molecule has 0 bridgehead atoms. The van der Waals surface area contributed by atoms with Crippen LogP contribution in [0.5, 0.6) is 0 Å². The van der Waals surface area contributed by atoms with Crippen LogP contribution in [-0.2, 0) is 0 Å². The van der Waals surface area contributed by atoms with Crippen LogP contribution in [-0.4, -0.2) is 11.6 Å².